The highest BCUT2D eigenvalue weighted by molar-refractivity contribution is 7.16. The molecule has 0 spiro atoms. The van der Waals surface area contributed by atoms with E-state index in [9.17, 15) is 9.59 Å². The van der Waals surface area contributed by atoms with E-state index >= 15 is 0 Å². The van der Waals surface area contributed by atoms with Gasteiger partial charge in [0.15, 0.2) is 5.78 Å². The molecule has 1 aromatic heterocycles. The van der Waals surface area contributed by atoms with E-state index < -0.39 is 5.60 Å². The van der Waals surface area contributed by atoms with E-state index in [1.165, 1.54) is 11.3 Å². The Morgan fingerprint density at radius 2 is 2.00 bits per heavy atom. The predicted molar refractivity (Wildman–Crippen MR) is 86.1 cm³/mol. The SMILES string of the molecule is CC(C)(C)OC(=O)N1CCc2c(sc(N)c2C(=O)C2CC2)C1. The van der Waals surface area contributed by atoms with Crippen molar-refractivity contribution in [3.8, 4) is 0 Å². The molecule has 1 amide bonds. The second-order valence-corrected chi connectivity index (χ2v) is 8.17. The first kappa shape index (κ1) is 15.3. The molecule has 6 heteroatoms. The van der Waals surface area contributed by atoms with Gasteiger partial charge in [-0.2, -0.15) is 0 Å². The zero-order chi connectivity index (χ0) is 16.1. The average molecular weight is 322 g/mol. The third-order valence-corrected chi connectivity index (χ3v) is 4.98. The van der Waals surface area contributed by atoms with E-state index in [4.69, 9.17) is 10.5 Å². The molecule has 3 rings (SSSR count). The van der Waals surface area contributed by atoms with Gasteiger partial charge < -0.3 is 15.4 Å². The Hall–Kier alpha value is -1.56. The number of fused-ring (bicyclic) bond motifs is 1. The summed E-state index contributed by atoms with van der Waals surface area (Å²) in [5, 5.41) is 0.605. The van der Waals surface area contributed by atoms with E-state index in [0.29, 0.717) is 24.5 Å². The lowest BCUT2D eigenvalue weighted by molar-refractivity contribution is 0.0226. The first-order valence-corrected chi connectivity index (χ1v) is 8.50. The minimum absolute atomic E-state index is 0.171. The Balaban J connectivity index is 1.78. The van der Waals surface area contributed by atoms with Gasteiger partial charge in [-0.15, -0.1) is 11.3 Å². The van der Waals surface area contributed by atoms with Gasteiger partial charge in [0, 0.05) is 17.3 Å². The van der Waals surface area contributed by atoms with Crippen LogP contribution in [0.1, 0.15) is 54.4 Å². The predicted octanol–water partition coefficient (Wildman–Crippen LogP) is 3.22. The number of amides is 1. The number of nitrogens with zero attached hydrogens (tertiary/aromatic N) is 1. The topological polar surface area (TPSA) is 72.6 Å². The zero-order valence-electron chi connectivity index (χ0n) is 13.3. The third-order valence-electron chi connectivity index (χ3n) is 3.93. The Morgan fingerprint density at radius 3 is 2.59 bits per heavy atom. The van der Waals surface area contributed by atoms with Crippen molar-refractivity contribution in [2.45, 2.75) is 52.2 Å². The summed E-state index contributed by atoms with van der Waals surface area (Å²) in [6, 6.07) is 0. The lowest BCUT2D eigenvalue weighted by Crippen LogP contribution is -2.39. The molecule has 0 aromatic carbocycles. The van der Waals surface area contributed by atoms with Crippen LogP contribution in [-0.4, -0.2) is 28.9 Å². The smallest absolute Gasteiger partial charge is 0.410 e. The van der Waals surface area contributed by atoms with Gasteiger partial charge in [0.05, 0.1) is 17.1 Å². The van der Waals surface area contributed by atoms with Crippen LogP contribution in [0.25, 0.3) is 0 Å². The van der Waals surface area contributed by atoms with Crippen molar-refractivity contribution < 1.29 is 14.3 Å². The molecule has 22 heavy (non-hydrogen) atoms. The molecule has 0 bridgehead atoms. The maximum Gasteiger partial charge on any atom is 0.410 e. The second kappa shape index (κ2) is 5.26. The van der Waals surface area contributed by atoms with Crippen molar-refractivity contribution in [1.82, 2.24) is 4.90 Å². The molecule has 120 valence electrons. The summed E-state index contributed by atoms with van der Waals surface area (Å²) in [4.78, 5) is 27.3. The number of anilines is 1. The van der Waals surface area contributed by atoms with Crippen molar-refractivity contribution >= 4 is 28.2 Å². The summed E-state index contributed by atoms with van der Waals surface area (Å²) in [5.41, 5.74) is 7.36. The number of nitrogens with two attached hydrogens (primary N) is 1. The van der Waals surface area contributed by atoms with Crippen molar-refractivity contribution in [3.63, 3.8) is 0 Å². The third kappa shape index (κ3) is 2.97. The van der Waals surface area contributed by atoms with Crippen LogP contribution < -0.4 is 5.73 Å². The summed E-state index contributed by atoms with van der Waals surface area (Å²) in [6.07, 6.45) is 2.33. The van der Waals surface area contributed by atoms with Crippen LogP contribution in [0.2, 0.25) is 0 Å². The fourth-order valence-corrected chi connectivity index (χ4v) is 3.87. The van der Waals surface area contributed by atoms with Crippen molar-refractivity contribution in [2.24, 2.45) is 5.92 Å². The normalized spacial score (nSPS) is 18.0. The molecule has 1 fully saturated rings. The molecule has 5 nitrogen and oxygen atoms in total. The monoisotopic (exact) mass is 322 g/mol. The van der Waals surface area contributed by atoms with Gasteiger partial charge in [-0.1, -0.05) is 0 Å². The average Bonchev–Trinajstić information content (AvgIpc) is 3.18. The molecule has 0 unspecified atom stereocenters. The van der Waals surface area contributed by atoms with Crippen molar-refractivity contribution in [2.75, 3.05) is 12.3 Å². The molecule has 1 saturated carbocycles. The van der Waals surface area contributed by atoms with Crippen LogP contribution >= 0.6 is 11.3 Å². The maximum absolute atomic E-state index is 12.4. The highest BCUT2D eigenvalue weighted by Gasteiger charge is 2.36. The van der Waals surface area contributed by atoms with Gasteiger partial charge in [0.2, 0.25) is 0 Å². The van der Waals surface area contributed by atoms with Gasteiger partial charge in [0.25, 0.3) is 0 Å². The van der Waals surface area contributed by atoms with Gasteiger partial charge in [0.1, 0.15) is 5.60 Å². The van der Waals surface area contributed by atoms with Crippen LogP contribution in [-0.2, 0) is 17.7 Å². The van der Waals surface area contributed by atoms with Gasteiger partial charge in [-0.3, -0.25) is 4.79 Å². The van der Waals surface area contributed by atoms with E-state index in [1.54, 1.807) is 4.90 Å². The van der Waals surface area contributed by atoms with E-state index in [2.05, 4.69) is 0 Å². The highest BCUT2D eigenvalue weighted by atomic mass is 32.1. The number of rotatable bonds is 2. The van der Waals surface area contributed by atoms with E-state index in [-0.39, 0.29) is 17.8 Å². The number of carbonyl (C=O) groups excluding carboxylic acids is 2. The van der Waals surface area contributed by atoms with Crippen LogP contribution in [0.4, 0.5) is 9.80 Å². The van der Waals surface area contributed by atoms with Crippen molar-refractivity contribution in [3.05, 3.63) is 16.0 Å². The van der Waals surface area contributed by atoms with Crippen LogP contribution in [0.15, 0.2) is 0 Å². The molecule has 1 aromatic rings. The van der Waals surface area contributed by atoms with Crippen LogP contribution in [0, 0.1) is 5.92 Å². The maximum atomic E-state index is 12.4. The molecule has 2 N–H and O–H groups in total. The van der Waals surface area contributed by atoms with E-state index in [0.717, 1.165) is 28.8 Å². The quantitative estimate of drug-likeness (QED) is 0.849. The first-order chi connectivity index (χ1) is 10.3. The van der Waals surface area contributed by atoms with Gasteiger partial charge in [-0.05, 0) is 45.6 Å². The summed E-state index contributed by atoms with van der Waals surface area (Å²) < 4.78 is 5.42. The lowest BCUT2D eigenvalue weighted by atomic mass is 9.98. The summed E-state index contributed by atoms with van der Waals surface area (Å²) in [7, 11) is 0. The highest BCUT2D eigenvalue weighted by Crippen LogP contribution is 2.41. The first-order valence-electron chi connectivity index (χ1n) is 7.68. The number of ketones is 1. The Labute approximate surface area is 134 Å². The molecule has 0 radical (unpaired) electrons. The minimum atomic E-state index is -0.501. The summed E-state index contributed by atoms with van der Waals surface area (Å²) in [5.74, 6) is 0.366. The van der Waals surface area contributed by atoms with Crippen LogP contribution in [0.5, 0.6) is 0 Å². The van der Waals surface area contributed by atoms with Crippen LogP contribution in [0.3, 0.4) is 0 Å². The fraction of sp³-hybridized carbons (Fsp3) is 0.625. The molecule has 2 heterocycles. The Morgan fingerprint density at radius 1 is 1.32 bits per heavy atom. The molecule has 1 aliphatic carbocycles. The second-order valence-electron chi connectivity index (χ2n) is 7.03. The number of hydrogen-bond acceptors (Lipinski definition) is 5. The Kier molecular flexibility index (Phi) is 3.67. The number of Topliss-reactive ketones (excluding diaryl/α,β-unsaturated/α-hetero) is 1. The standard InChI is InChI=1S/C16H22N2O3S/c1-16(2,3)21-15(20)18-7-6-10-11(8-18)22-14(17)12(10)13(19)9-4-5-9/h9H,4-8,17H2,1-3H3. The van der Waals surface area contributed by atoms with E-state index in [1.807, 2.05) is 20.8 Å². The molecule has 2 aliphatic rings. The zero-order valence-corrected chi connectivity index (χ0v) is 14.1. The number of nitrogen functional groups attached to an aromatic ring is 1. The lowest BCUT2D eigenvalue weighted by Gasteiger charge is -2.30. The largest absolute Gasteiger partial charge is 0.444 e. The molecular formula is C16H22N2O3S. The molecular weight excluding hydrogens is 300 g/mol. The minimum Gasteiger partial charge on any atom is -0.444 e. The number of thiophene rings is 1. The van der Waals surface area contributed by atoms with Crippen molar-refractivity contribution in [1.29, 1.82) is 0 Å². The van der Waals surface area contributed by atoms with Gasteiger partial charge >= 0.3 is 6.09 Å². The summed E-state index contributed by atoms with van der Waals surface area (Å²) >= 11 is 1.44. The molecule has 0 saturated heterocycles. The molecule has 0 atom stereocenters. The molecule has 1 aliphatic heterocycles. The number of carbonyl (C=O) groups is 2. The Bertz CT molecular complexity index is 626. The number of hydrogen-bond donors (Lipinski definition) is 1. The number of ether oxygens (including phenoxy) is 1. The van der Waals surface area contributed by atoms with Gasteiger partial charge in [-0.25, -0.2) is 4.79 Å². The fourth-order valence-electron chi connectivity index (χ4n) is 2.73. The summed E-state index contributed by atoms with van der Waals surface area (Å²) in [6.45, 7) is 6.63.